The Labute approximate surface area is 129 Å². The van der Waals surface area contributed by atoms with Gasteiger partial charge in [0.1, 0.15) is 0 Å². The van der Waals surface area contributed by atoms with Crippen molar-refractivity contribution in [2.75, 3.05) is 6.61 Å². The largest absolute Gasteiger partial charge is 1.00 e. The first kappa shape index (κ1) is 18.1. The van der Waals surface area contributed by atoms with E-state index in [0.717, 1.165) is 0 Å². The van der Waals surface area contributed by atoms with Gasteiger partial charge in [-0.25, -0.2) is 0 Å². The molecule has 0 bridgehead atoms. The number of hydrogen-bond acceptors (Lipinski definition) is 2. The number of rotatable bonds is 6. The van der Waals surface area contributed by atoms with Crippen molar-refractivity contribution in [2.45, 2.75) is 25.6 Å². The van der Waals surface area contributed by atoms with Crippen LogP contribution in [0.5, 0.6) is 0 Å². The first-order chi connectivity index (χ1) is 8.48. The Bertz CT molecular complexity index is 415. The molecule has 2 nitrogen and oxygen atoms in total. The molecule has 0 aliphatic heterocycles. The van der Waals surface area contributed by atoms with Crippen LogP contribution in [0.15, 0.2) is 55.0 Å². The number of allylic oxidation sites excluding steroid dienone is 1. The van der Waals surface area contributed by atoms with E-state index in [1.54, 1.807) is 12.2 Å². The van der Waals surface area contributed by atoms with Gasteiger partial charge in [0.15, 0.2) is 0 Å². The van der Waals surface area contributed by atoms with Crippen molar-refractivity contribution >= 4 is 13.3 Å². The van der Waals surface area contributed by atoms with Gasteiger partial charge >= 0.3 is 18.9 Å². The monoisotopic (exact) mass is 268 g/mol. The second-order valence-electron chi connectivity index (χ2n) is 4.96. The molecule has 0 heterocycles. The van der Waals surface area contributed by atoms with E-state index in [9.17, 15) is 5.11 Å². The quantitative estimate of drug-likeness (QED) is 0.392. The number of ether oxygens (including phenoxy) is 1. The van der Waals surface area contributed by atoms with Gasteiger partial charge in [0.25, 0.3) is 0 Å². The molecule has 0 aliphatic rings. The van der Waals surface area contributed by atoms with Gasteiger partial charge in [-0.05, 0) is 5.54 Å². The SMILES string of the molecule is C=CCO/C([O-])=C/C(C)[Si](C)(C)c1ccccc1.[Li+]. The van der Waals surface area contributed by atoms with Crippen molar-refractivity contribution in [3.63, 3.8) is 0 Å². The maximum Gasteiger partial charge on any atom is 1.00 e. The molecule has 0 N–H and O–H groups in total. The predicted molar refractivity (Wildman–Crippen MR) is 77.2 cm³/mol. The molecule has 0 aliphatic carbocycles. The number of benzene rings is 1. The summed E-state index contributed by atoms with van der Waals surface area (Å²) >= 11 is 0. The van der Waals surface area contributed by atoms with Crippen LogP contribution in [0.25, 0.3) is 0 Å². The van der Waals surface area contributed by atoms with Crippen LogP contribution in [0, 0.1) is 0 Å². The second-order valence-corrected chi connectivity index (χ2v) is 9.89. The van der Waals surface area contributed by atoms with Crippen molar-refractivity contribution in [2.24, 2.45) is 0 Å². The molecule has 4 heteroatoms. The standard InChI is InChI=1S/C15H22O2Si.Li/c1-5-11-17-15(16)12-13(2)18(3,4)14-9-7-6-8-10-14;/h5-10,12-13,16H,1,11H2,2-4H3;/q;+1/p-1/b15-12+;. The molecule has 0 spiro atoms. The Morgan fingerprint density at radius 3 is 2.47 bits per heavy atom. The van der Waals surface area contributed by atoms with E-state index < -0.39 is 8.07 Å². The van der Waals surface area contributed by atoms with Crippen LogP contribution < -0.4 is 29.2 Å². The Kier molecular flexibility index (Phi) is 7.93. The first-order valence-corrected chi connectivity index (χ1v) is 9.24. The summed E-state index contributed by atoms with van der Waals surface area (Å²) in [5.41, 5.74) is 0.234. The van der Waals surface area contributed by atoms with Gasteiger partial charge in [0.05, 0.1) is 8.07 Å². The summed E-state index contributed by atoms with van der Waals surface area (Å²) in [6.07, 6.45) is 3.28. The van der Waals surface area contributed by atoms with Crippen LogP contribution in [0.2, 0.25) is 18.6 Å². The van der Waals surface area contributed by atoms with Crippen molar-refractivity contribution in [1.82, 2.24) is 0 Å². The maximum atomic E-state index is 11.6. The van der Waals surface area contributed by atoms with E-state index in [1.807, 2.05) is 18.2 Å². The van der Waals surface area contributed by atoms with E-state index >= 15 is 0 Å². The Morgan fingerprint density at radius 1 is 1.37 bits per heavy atom. The molecule has 0 saturated heterocycles. The van der Waals surface area contributed by atoms with Crippen molar-refractivity contribution in [3.05, 3.63) is 55.0 Å². The summed E-state index contributed by atoms with van der Waals surface area (Å²) in [7, 11) is -1.67. The molecule has 1 aromatic rings. The third-order valence-electron chi connectivity index (χ3n) is 3.39. The van der Waals surface area contributed by atoms with E-state index in [0.29, 0.717) is 0 Å². The zero-order chi connectivity index (χ0) is 13.6. The molecule has 0 aromatic heterocycles. The van der Waals surface area contributed by atoms with Gasteiger partial charge in [-0.15, -0.1) is 6.58 Å². The van der Waals surface area contributed by atoms with Crippen LogP contribution >= 0.6 is 0 Å². The smallest absolute Gasteiger partial charge is 0.609 e. The zero-order valence-electron chi connectivity index (χ0n) is 12.3. The van der Waals surface area contributed by atoms with Gasteiger partial charge < -0.3 is 9.84 Å². The first-order valence-electron chi connectivity index (χ1n) is 6.16. The third-order valence-corrected chi connectivity index (χ3v) is 7.65. The summed E-state index contributed by atoms with van der Waals surface area (Å²) in [5, 5.41) is 12.9. The molecule has 1 rings (SSSR count). The second kappa shape index (κ2) is 8.32. The van der Waals surface area contributed by atoms with E-state index in [2.05, 4.69) is 38.7 Å². The summed E-state index contributed by atoms with van der Waals surface area (Å²) in [6.45, 7) is 10.4. The van der Waals surface area contributed by atoms with E-state index in [1.165, 1.54) is 5.19 Å². The minimum Gasteiger partial charge on any atom is -0.609 e. The summed E-state index contributed by atoms with van der Waals surface area (Å²) in [5.74, 6) is -0.251. The Morgan fingerprint density at radius 2 is 1.95 bits per heavy atom. The van der Waals surface area contributed by atoms with Crippen LogP contribution in [0.4, 0.5) is 0 Å². The molecule has 1 unspecified atom stereocenters. The molecule has 19 heavy (non-hydrogen) atoms. The van der Waals surface area contributed by atoms with Gasteiger partial charge in [-0.1, -0.05) is 67.7 Å². The molecule has 1 aromatic carbocycles. The summed E-state index contributed by atoms with van der Waals surface area (Å²) in [4.78, 5) is 0. The molecular formula is C15H21LiO2Si. The zero-order valence-corrected chi connectivity index (χ0v) is 13.3. The maximum absolute atomic E-state index is 11.6. The average molecular weight is 268 g/mol. The van der Waals surface area contributed by atoms with Gasteiger partial charge in [-0.2, -0.15) is 0 Å². The summed E-state index contributed by atoms with van der Waals surface area (Å²) in [6, 6.07) is 10.4. The van der Waals surface area contributed by atoms with Crippen LogP contribution in [-0.2, 0) is 4.74 Å². The molecule has 0 fully saturated rings. The minimum absolute atomic E-state index is 0. The van der Waals surface area contributed by atoms with Crippen molar-refractivity contribution in [3.8, 4) is 0 Å². The van der Waals surface area contributed by atoms with Gasteiger partial charge in [0, 0.05) is 12.6 Å². The van der Waals surface area contributed by atoms with Crippen molar-refractivity contribution in [1.29, 1.82) is 0 Å². The van der Waals surface area contributed by atoms with E-state index in [4.69, 9.17) is 4.74 Å². The van der Waals surface area contributed by atoms with Gasteiger partial charge in [-0.3, -0.25) is 0 Å². The summed E-state index contributed by atoms with van der Waals surface area (Å²) < 4.78 is 5.00. The molecule has 0 saturated carbocycles. The van der Waals surface area contributed by atoms with Crippen LogP contribution in [0.3, 0.4) is 0 Å². The molecule has 98 valence electrons. The topological polar surface area (TPSA) is 32.3 Å². The van der Waals surface area contributed by atoms with Crippen LogP contribution in [0.1, 0.15) is 6.92 Å². The molecule has 1 atom stereocenters. The minimum atomic E-state index is -1.67. The van der Waals surface area contributed by atoms with Crippen molar-refractivity contribution < 1.29 is 28.7 Å². The predicted octanol–water partition coefficient (Wildman–Crippen LogP) is -0.600. The normalized spacial score (nSPS) is 13.3. The molecule has 0 amide bonds. The fourth-order valence-corrected chi connectivity index (χ4v) is 3.86. The Balaban J connectivity index is 0.00000324. The average Bonchev–Trinajstić information content (AvgIpc) is 2.37. The third kappa shape index (κ3) is 5.32. The molecular weight excluding hydrogens is 247 g/mol. The Hall–Kier alpha value is -0.886. The fourth-order valence-electron chi connectivity index (χ4n) is 1.73. The fraction of sp³-hybridized carbons (Fsp3) is 0.333. The van der Waals surface area contributed by atoms with Gasteiger partial charge in [0.2, 0.25) is 0 Å². The van der Waals surface area contributed by atoms with Crippen LogP contribution in [-0.4, -0.2) is 14.7 Å². The number of hydrogen-bond donors (Lipinski definition) is 0. The van der Waals surface area contributed by atoms with E-state index in [-0.39, 0.29) is 37.0 Å². The molecule has 0 radical (unpaired) electrons.